The molecule has 1 aromatic carbocycles. The van der Waals surface area contributed by atoms with Crippen molar-refractivity contribution in [2.24, 2.45) is 0 Å². The van der Waals surface area contributed by atoms with E-state index in [-0.39, 0.29) is 12.2 Å². The Morgan fingerprint density at radius 2 is 1.85 bits per heavy atom. The summed E-state index contributed by atoms with van der Waals surface area (Å²) in [6.45, 7) is 1.50. The van der Waals surface area contributed by atoms with Crippen LogP contribution in [0.4, 0.5) is 0 Å². The van der Waals surface area contributed by atoms with E-state index in [9.17, 15) is 9.59 Å². The molecule has 0 saturated carbocycles. The first-order valence-corrected chi connectivity index (χ1v) is 9.28. The zero-order valence-corrected chi connectivity index (χ0v) is 16.9. The lowest BCUT2D eigenvalue weighted by Gasteiger charge is -2.14. The van der Waals surface area contributed by atoms with Crippen LogP contribution in [0.2, 0.25) is 0 Å². The largest absolute Gasteiger partial charge is 0.479 e. The number of halogens is 2. The molecule has 0 fully saturated rings. The molecule has 0 bridgehead atoms. The van der Waals surface area contributed by atoms with Crippen molar-refractivity contribution in [1.29, 1.82) is 0 Å². The predicted octanol–water partition coefficient (Wildman–Crippen LogP) is 3.73. The number of rotatable bonds is 5. The summed E-state index contributed by atoms with van der Waals surface area (Å²) < 4.78 is 13.9. The molecule has 0 spiro atoms. The topological polar surface area (TPSA) is 69.9 Å². The van der Waals surface area contributed by atoms with Gasteiger partial charge >= 0.3 is 5.97 Å². The summed E-state index contributed by atoms with van der Waals surface area (Å²) in [4.78, 5) is 28.6. The Labute approximate surface area is 166 Å². The number of fused-ring (bicyclic) bond motifs is 1. The van der Waals surface area contributed by atoms with Crippen LogP contribution in [0.15, 0.2) is 62.4 Å². The Bertz CT molecular complexity index is 1000. The molecule has 0 amide bonds. The van der Waals surface area contributed by atoms with Crippen molar-refractivity contribution in [2.75, 3.05) is 0 Å². The highest BCUT2D eigenvalue weighted by Gasteiger charge is 2.17. The standard InChI is InChI=1S/C18H14Br2N2O4/c1-11(26-15-5-2-12(19)3-6-15)18(24)25-10-14-8-17(23)22-9-13(20)4-7-16(22)21-14/h2-9,11H,10H2,1H3. The summed E-state index contributed by atoms with van der Waals surface area (Å²) >= 11 is 6.64. The van der Waals surface area contributed by atoms with Crippen LogP contribution in [-0.2, 0) is 16.1 Å². The normalized spacial score (nSPS) is 12.0. The second-order valence-corrected chi connectivity index (χ2v) is 7.31. The first-order chi connectivity index (χ1) is 12.4. The third-order valence-corrected chi connectivity index (χ3v) is 4.50. The van der Waals surface area contributed by atoms with Gasteiger partial charge in [-0.15, -0.1) is 0 Å². The molecule has 0 aliphatic carbocycles. The van der Waals surface area contributed by atoms with Crippen molar-refractivity contribution in [3.05, 3.63) is 73.7 Å². The highest BCUT2D eigenvalue weighted by atomic mass is 79.9. The molecule has 134 valence electrons. The molecule has 0 saturated heterocycles. The van der Waals surface area contributed by atoms with Crippen LogP contribution >= 0.6 is 31.9 Å². The van der Waals surface area contributed by atoms with Gasteiger partial charge in [-0.3, -0.25) is 9.20 Å². The average Bonchev–Trinajstić information content (AvgIpc) is 2.62. The van der Waals surface area contributed by atoms with Crippen molar-refractivity contribution < 1.29 is 14.3 Å². The van der Waals surface area contributed by atoms with E-state index in [1.54, 1.807) is 37.4 Å². The monoisotopic (exact) mass is 480 g/mol. The summed E-state index contributed by atoms with van der Waals surface area (Å²) in [6.07, 6.45) is 0.850. The molecule has 3 aromatic rings. The van der Waals surface area contributed by atoms with Gasteiger partial charge in [-0.1, -0.05) is 15.9 Å². The molecule has 6 nitrogen and oxygen atoms in total. The zero-order valence-electron chi connectivity index (χ0n) is 13.7. The number of pyridine rings is 1. The Morgan fingerprint density at radius 1 is 1.15 bits per heavy atom. The minimum atomic E-state index is -0.784. The van der Waals surface area contributed by atoms with Crippen molar-refractivity contribution >= 4 is 43.5 Å². The van der Waals surface area contributed by atoms with E-state index in [1.807, 2.05) is 12.1 Å². The number of carbonyl (C=O) groups is 1. The molecule has 3 rings (SSSR count). The van der Waals surface area contributed by atoms with Gasteiger partial charge in [0, 0.05) is 21.2 Å². The molecule has 1 unspecified atom stereocenters. The van der Waals surface area contributed by atoms with E-state index in [2.05, 4.69) is 36.8 Å². The van der Waals surface area contributed by atoms with Gasteiger partial charge in [0.2, 0.25) is 0 Å². The van der Waals surface area contributed by atoms with Gasteiger partial charge in [0.25, 0.3) is 5.56 Å². The maximum Gasteiger partial charge on any atom is 0.347 e. The minimum Gasteiger partial charge on any atom is -0.479 e. The average molecular weight is 482 g/mol. The fraction of sp³-hybridized carbons (Fsp3) is 0.167. The molecule has 1 atom stereocenters. The molecule has 0 radical (unpaired) electrons. The van der Waals surface area contributed by atoms with Gasteiger partial charge in [-0.05, 0) is 59.3 Å². The van der Waals surface area contributed by atoms with Crippen molar-refractivity contribution in [1.82, 2.24) is 9.38 Å². The third kappa shape index (κ3) is 4.50. The van der Waals surface area contributed by atoms with Crippen LogP contribution in [0, 0.1) is 0 Å². The van der Waals surface area contributed by atoms with Crippen LogP contribution in [0.3, 0.4) is 0 Å². The van der Waals surface area contributed by atoms with Crippen LogP contribution in [0.25, 0.3) is 5.65 Å². The molecule has 2 aromatic heterocycles. The van der Waals surface area contributed by atoms with Crippen LogP contribution in [-0.4, -0.2) is 21.5 Å². The Morgan fingerprint density at radius 3 is 2.58 bits per heavy atom. The summed E-state index contributed by atoms with van der Waals surface area (Å²) in [5.74, 6) is 0.0241. The molecule has 0 N–H and O–H groups in total. The van der Waals surface area contributed by atoms with Gasteiger partial charge in [0.15, 0.2) is 6.10 Å². The van der Waals surface area contributed by atoms with E-state index >= 15 is 0 Å². The number of aromatic nitrogens is 2. The van der Waals surface area contributed by atoms with Crippen LogP contribution in [0.1, 0.15) is 12.6 Å². The highest BCUT2D eigenvalue weighted by molar-refractivity contribution is 9.10. The van der Waals surface area contributed by atoms with Gasteiger partial charge in [-0.25, -0.2) is 9.78 Å². The van der Waals surface area contributed by atoms with Crippen molar-refractivity contribution in [3.63, 3.8) is 0 Å². The number of hydrogen-bond acceptors (Lipinski definition) is 5. The smallest absolute Gasteiger partial charge is 0.347 e. The summed E-state index contributed by atoms with van der Waals surface area (Å²) in [6, 6.07) is 12.0. The first-order valence-electron chi connectivity index (χ1n) is 7.69. The first kappa shape index (κ1) is 18.6. The van der Waals surface area contributed by atoms with E-state index in [4.69, 9.17) is 9.47 Å². The quantitative estimate of drug-likeness (QED) is 0.519. The molecule has 8 heteroatoms. The second kappa shape index (κ2) is 8.01. The van der Waals surface area contributed by atoms with Crippen molar-refractivity contribution in [2.45, 2.75) is 19.6 Å². The zero-order chi connectivity index (χ0) is 18.7. The minimum absolute atomic E-state index is 0.103. The van der Waals surface area contributed by atoms with Gasteiger partial charge < -0.3 is 9.47 Å². The maximum absolute atomic E-state index is 12.1. The number of carbonyl (C=O) groups excluding carboxylic acids is 1. The predicted molar refractivity (Wildman–Crippen MR) is 103 cm³/mol. The number of ether oxygens (including phenoxy) is 2. The number of nitrogens with zero attached hydrogens (tertiary/aromatic N) is 2. The van der Waals surface area contributed by atoms with Crippen LogP contribution < -0.4 is 10.3 Å². The Balaban J connectivity index is 1.65. The third-order valence-electron chi connectivity index (χ3n) is 3.50. The Hall–Kier alpha value is -2.19. The lowest BCUT2D eigenvalue weighted by molar-refractivity contribution is -0.152. The molecule has 0 aliphatic heterocycles. The second-order valence-electron chi connectivity index (χ2n) is 5.48. The summed E-state index contributed by atoms with van der Waals surface area (Å²) in [5.41, 5.74) is 0.605. The maximum atomic E-state index is 12.1. The van der Waals surface area contributed by atoms with E-state index in [1.165, 1.54) is 10.5 Å². The summed E-state index contributed by atoms with van der Waals surface area (Å²) in [7, 11) is 0. The van der Waals surface area contributed by atoms with Crippen LogP contribution in [0.5, 0.6) is 5.75 Å². The molecule has 26 heavy (non-hydrogen) atoms. The lowest BCUT2D eigenvalue weighted by Crippen LogP contribution is -2.26. The lowest BCUT2D eigenvalue weighted by atomic mass is 10.3. The molecule has 0 aliphatic rings. The SMILES string of the molecule is CC(Oc1ccc(Br)cc1)C(=O)OCc1cc(=O)n2cc(Br)ccc2n1. The number of esters is 1. The fourth-order valence-corrected chi connectivity index (χ4v) is 2.83. The fourth-order valence-electron chi connectivity index (χ4n) is 2.23. The summed E-state index contributed by atoms with van der Waals surface area (Å²) in [5, 5.41) is 0. The molecule has 2 heterocycles. The molecular formula is C18H14Br2N2O4. The number of hydrogen-bond donors (Lipinski definition) is 0. The molecular weight excluding hydrogens is 468 g/mol. The van der Waals surface area contributed by atoms with Gasteiger partial charge in [-0.2, -0.15) is 0 Å². The van der Waals surface area contributed by atoms with E-state index in [0.29, 0.717) is 17.1 Å². The number of benzene rings is 1. The van der Waals surface area contributed by atoms with E-state index < -0.39 is 12.1 Å². The van der Waals surface area contributed by atoms with Crippen molar-refractivity contribution in [3.8, 4) is 5.75 Å². The highest BCUT2D eigenvalue weighted by Crippen LogP contribution is 2.17. The van der Waals surface area contributed by atoms with Gasteiger partial charge in [0.1, 0.15) is 18.0 Å². The van der Waals surface area contributed by atoms with E-state index in [0.717, 1.165) is 8.95 Å². The van der Waals surface area contributed by atoms with Gasteiger partial charge in [0.05, 0.1) is 5.69 Å². The Kier molecular flexibility index (Phi) is 5.73.